The average molecular weight is 345 g/mol. The third-order valence-electron chi connectivity index (χ3n) is 3.10. The predicted molar refractivity (Wildman–Crippen MR) is 86.3 cm³/mol. The molecule has 0 saturated heterocycles. The third kappa shape index (κ3) is 4.22. The van der Waals surface area contributed by atoms with Gasteiger partial charge in [0, 0.05) is 6.20 Å². The number of esters is 2. The number of rotatable bonds is 6. The van der Waals surface area contributed by atoms with Crippen LogP contribution in [0.2, 0.25) is 0 Å². The molecule has 9 nitrogen and oxygen atoms in total. The van der Waals surface area contributed by atoms with Crippen LogP contribution < -0.4 is 5.32 Å². The average Bonchev–Trinajstić information content (AvgIpc) is 3.11. The molecule has 0 amide bonds. The third-order valence-corrected chi connectivity index (χ3v) is 3.10. The number of carbonyl (C=O) groups excluding carboxylic acids is 2. The summed E-state index contributed by atoms with van der Waals surface area (Å²) in [6.45, 7) is 0. The van der Waals surface area contributed by atoms with Crippen LogP contribution in [0.15, 0.2) is 48.3 Å². The molecule has 0 unspecified atom stereocenters. The summed E-state index contributed by atoms with van der Waals surface area (Å²) in [5, 5.41) is 15.7. The molecule has 0 aliphatic carbocycles. The highest BCUT2D eigenvalue weighted by Gasteiger charge is 2.16. The number of ether oxygens (including phenoxy) is 2. The van der Waals surface area contributed by atoms with Crippen LogP contribution in [0, 0.1) is 0 Å². The summed E-state index contributed by atoms with van der Waals surface area (Å²) in [7, 11) is 2.35. The Morgan fingerprint density at radius 2 is 1.88 bits per heavy atom. The van der Waals surface area contributed by atoms with Crippen LogP contribution in [0.1, 0.15) is 10.5 Å². The van der Waals surface area contributed by atoms with E-state index in [1.54, 1.807) is 24.3 Å². The fourth-order valence-corrected chi connectivity index (χ4v) is 1.93. The zero-order chi connectivity index (χ0) is 18.4. The highest BCUT2D eigenvalue weighted by molar-refractivity contribution is 5.99. The zero-order valence-corrected chi connectivity index (χ0v) is 13.4. The topological polar surface area (TPSA) is 120 Å². The molecule has 1 aromatic carbocycles. The molecule has 0 aliphatic rings. The molecule has 2 rings (SSSR count). The minimum atomic E-state index is -1.16. The van der Waals surface area contributed by atoms with Gasteiger partial charge in [-0.05, 0) is 18.2 Å². The smallest absolute Gasteiger partial charge is 0.356 e. The summed E-state index contributed by atoms with van der Waals surface area (Å²) >= 11 is 0. The van der Waals surface area contributed by atoms with Crippen molar-refractivity contribution in [3.63, 3.8) is 0 Å². The molecule has 9 heteroatoms. The Bertz CT molecular complexity index is 840. The van der Waals surface area contributed by atoms with E-state index in [4.69, 9.17) is 5.11 Å². The lowest BCUT2D eigenvalue weighted by Gasteiger charge is -2.13. The fraction of sp³-hybridized carbons (Fsp3) is 0.125. The molecular weight excluding hydrogens is 330 g/mol. The van der Waals surface area contributed by atoms with Crippen molar-refractivity contribution in [2.45, 2.75) is 0 Å². The highest BCUT2D eigenvalue weighted by Crippen LogP contribution is 2.21. The zero-order valence-electron chi connectivity index (χ0n) is 13.4. The van der Waals surface area contributed by atoms with Gasteiger partial charge < -0.3 is 19.9 Å². The summed E-state index contributed by atoms with van der Waals surface area (Å²) < 4.78 is 10.5. The number of para-hydroxylation sites is 2. The molecule has 0 atom stereocenters. The van der Waals surface area contributed by atoms with Crippen molar-refractivity contribution >= 4 is 23.6 Å². The molecule has 1 aromatic heterocycles. The number of nitrogens with zero attached hydrogens (tertiary/aromatic N) is 2. The van der Waals surface area contributed by atoms with Crippen molar-refractivity contribution < 1.29 is 29.0 Å². The number of carboxylic acid groups (broad SMARTS) is 1. The van der Waals surface area contributed by atoms with Crippen molar-refractivity contribution in [1.29, 1.82) is 0 Å². The van der Waals surface area contributed by atoms with Gasteiger partial charge in [-0.15, -0.1) is 0 Å². The lowest BCUT2D eigenvalue weighted by molar-refractivity contribution is -0.138. The molecule has 0 spiro atoms. The standard InChI is InChI=1S/C16H15N3O6/c1-24-14(20)9-12(16(23)25-2)17-10-5-3-4-6-13(10)19-8-7-11(18-19)15(21)22/h3-9,17H,1-2H3,(H,21,22)/b12-9+. The molecule has 2 N–H and O–H groups in total. The van der Waals surface area contributed by atoms with Crippen molar-refractivity contribution in [1.82, 2.24) is 9.78 Å². The minimum absolute atomic E-state index is 0.131. The predicted octanol–water partition coefficient (Wildman–Crippen LogP) is 1.21. The molecule has 0 bridgehead atoms. The molecule has 2 aromatic rings. The van der Waals surface area contributed by atoms with Gasteiger partial charge in [-0.3, -0.25) is 0 Å². The summed E-state index contributed by atoms with van der Waals surface area (Å²) in [5.74, 6) is -2.67. The summed E-state index contributed by atoms with van der Waals surface area (Å²) in [6, 6.07) is 8.04. The van der Waals surface area contributed by atoms with E-state index in [1.165, 1.54) is 31.2 Å². The van der Waals surface area contributed by atoms with E-state index in [9.17, 15) is 14.4 Å². The number of nitrogens with one attached hydrogen (secondary N) is 1. The number of anilines is 1. The van der Waals surface area contributed by atoms with Gasteiger partial charge in [-0.1, -0.05) is 12.1 Å². The molecule has 130 valence electrons. The molecule has 0 fully saturated rings. The summed E-state index contributed by atoms with van der Waals surface area (Å²) in [5.41, 5.74) is 0.596. The van der Waals surface area contributed by atoms with Crippen LogP contribution in [0.5, 0.6) is 0 Å². The Hall–Kier alpha value is -3.62. The van der Waals surface area contributed by atoms with Crippen LogP contribution >= 0.6 is 0 Å². The van der Waals surface area contributed by atoms with Crippen LogP contribution in [0.25, 0.3) is 5.69 Å². The number of aromatic carboxylic acids is 1. The maximum atomic E-state index is 11.8. The second-order valence-corrected chi connectivity index (χ2v) is 4.67. The SMILES string of the molecule is COC(=O)/C=C(/Nc1ccccc1-n1ccc(C(=O)O)n1)C(=O)OC. The first-order chi connectivity index (χ1) is 12.0. The number of hydrogen-bond acceptors (Lipinski definition) is 7. The number of carbonyl (C=O) groups is 3. The van der Waals surface area contributed by atoms with Gasteiger partial charge in [0.15, 0.2) is 5.69 Å². The Labute approximate surface area is 142 Å². The van der Waals surface area contributed by atoms with E-state index in [-0.39, 0.29) is 11.4 Å². The number of hydrogen-bond donors (Lipinski definition) is 2. The van der Waals surface area contributed by atoms with Gasteiger partial charge in [0.25, 0.3) is 0 Å². The Balaban J connectivity index is 2.41. The van der Waals surface area contributed by atoms with Gasteiger partial charge in [0.05, 0.1) is 31.7 Å². The first-order valence-electron chi connectivity index (χ1n) is 6.99. The first-order valence-corrected chi connectivity index (χ1v) is 6.99. The van der Waals surface area contributed by atoms with E-state index in [2.05, 4.69) is 19.9 Å². The minimum Gasteiger partial charge on any atom is -0.476 e. The van der Waals surface area contributed by atoms with Gasteiger partial charge >= 0.3 is 17.9 Å². The van der Waals surface area contributed by atoms with Gasteiger partial charge in [-0.25, -0.2) is 19.1 Å². The number of carboxylic acids is 1. The molecule has 25 heavy (non-hydrogen) atoms. The van der Waals surface area contributed by atoms with Gasteiger partial charge in [0.2, 0.25) is 0 Å². The van der Waals surface area contributed by atoms with E-state index in [0.29, 0.717) is 11.4 Å². The highest BCUT2D eigenvalue weighted by atomic mass is 16.5. The maximum absolute atomic E-state index is 11.8. The first kappa shape index (κ1) is 17.7. The van der Waals surface area contributed by atoms with Crippen LogP contribution in [-0.2, 0) is 19.1 Å². The molecule has 1 heterocycles. The van der Waals surface area contributed by atoms with Gasteiger partial charge in [-0.2, -0.15) is 5.10 Å². The van der Waals surface area contributed by atoms with E-state index < -0.39 is 17.9 Å². The molecular formula is C16H15N3O6. The van der Waals surface area contributed by atoms with Crippen molar-refractivity contribution in [2.24, 2.45) is 0 Å². The monoisotopic (exact) mass is 345 g/mol. The normalized spacial score (nSPS) is 10.9. The second kappa shape index (κ2) is 7.77. The summed E-state index contributed by atoms with van der Waals surface area (Å²) in [6.07, 6.45) is 2.42. The van der Waals surface area contributed by atoms with E-state index in [1.807, 2.05) is 0 Å². The Kier molecular flexibility index (Phi) is 5.51. The number of methoxy groups -OCH3 is 2. The maximum Gasteiger partial charge on any atom is 0.356 e. The van der Waals surface area contributed by atoms with E-state index in [0.717, 1.165) is 6.08 Å². The van der Waals surface area contributed by atoms with Crippen molar-refractivity contribution in [2.75, 3.05) is 19.5 Å². The summed E-state index contributed by atoms with van der Waals surface area (Å²) in [4.78, 5) is 34.3. The second-order valence-electron chi connectivity index (χ2n) is 4.67. The quantitative estimate of drug-likeness (QED) is 0.592. The Morgan fingerprint density at radius 1 is 1.16 bits per heavy atom. The Morgan fingerprint density at radius 3 is 2.48 bits per heavy atom. The van der Waals surface area contributed by atoms with Crippen LogP contribution in [-0.4, -0.2) is 47.0 Å². The molecule has 0 aliphatic heterocycles. The van der Waals surface area contributed by atoms with E-state index >= 15 is 0 Å². The van der Waals surface area contributed by atoms with Crippen molar-refractivity contribution in [3.05, 3.63) is 54.0 Å². The van der Waals surface area contributed by atoms with Crippen molar-refractivity contribution in [3.8, 4) is 5.69 Å². The van der Waals surface area contributed by atoms with Gasteiger partial charge in [0.1, 0.15) is 5.70 Å². The largest absolute Gasteiger partial charge is 0.476 e. The number of aromatic nitrogens is 2. The fourth-order valence-electron chi connectivity index (χ4n) is 1.93. The lowest BCUT2D eigenvalue weighted by atomic mass is 10.2. The number of benzene rings is 1. The lowest BCUT2D eigenvalue weighted by Crippen LogP contribution is -2.16. The molecule has 0 saturated carbocycles. The van der Waals surface area contributed by atoms with Crippen LogP contribution in [0.4, 0.5) is 5.69 Å². The molecule has 0 radical (unpaired) electrons. The van der Waals surface area contributed by atoms with Crippen LogP contribution in [0.3, 0.4) is 0 Å².